The van der Waals surface area contributed by atoms with Crippen LogP contribution in [0.5, 0.6) is 0 Å². The van der Waals surface area contributed by atoms with Crippen molar-refractivity contribution in [1.82, 2.24) is 24.8 Å². The van der Waals surface area contributed by atoms with E-state index in [4.69, 9.17) is 0 Å². The number of aryl methyl sites for hydroxylation is 2. The first-order chi connectivity index (χ1) is 10.3. The van der Waals surface area contributed by atoms with Crippen molar-refractivity contribution in [2.75, 3.05) is 27.2 Å². The quantitative estimate of drug-likeness (QED) is 0.853. The number of aromatic nitrogens is 3. The third-order valence-electron chi connectivity index (χ3n) is 4.32. The van der Waals surface area contributed by atoms with Crippen LogP contribution in [0.15, 0.2) is 0 Å². The van der Waals surface area contributed by atoms with Crippen LogP contribution in [-0.2, 0) is 17.9 Å². The van der Waals surface area contributed by atoms with Crippen LogP contribution in [-0.4, -0.2) is 68.6 Å². The molecular formula is C15H27N5O2. The second kappa shape index (κ2) is 6.75. The Hall–Kier alpha value is -1.47. The lowest BCUT2D eigenvalue weighted by molar-refractivity contribution is -0.136. The Bertz CT molecular complexity index is 528. The van der Waals surface area contributed by atoms with Gasteiger partial charge >= 0.3 is 0 Å². The number of piperidine rings is 1. The number of carbonyl (C=O) groups is 1. The average molecular weight is 309 g/mol. The number of hydrogen-bond acceptors (Lipinski definition) is 5. The van der Waals surface area contributed by atoms with E-state index in [1.54, 1.807) is 14.1 Å². The Labute approximate surface area is 131 Å². The van der Waals surface area contributed by atoms with Gasteiger partial charge in [0.25, 0.3) is 0 Å². The molecule has 1 unspecified atom stereocenters. The first kappa shape index (κ1) is 16.9. The number of amides is 1. The normalized spacial score (nSPS) is 22.8. The molecule has 1 aromatic heterocycles. The van der Waals surface area contributed by atoms with Crippen LogP contribution in [0.3, 0.4) is 0 Å². The van der Waals surface area contributed by atoms with Crippen molar-refractivity contribution >= 4 is 5.91 Å². The lowest BCUT2D eigenvalue weighted by atomic mass is 9.89. The second-order valence-corrected chi connectivity index (χ2v) is 6.44. The van der Waals surface area contributed by atoms with E-state index in [0.717, 1.165) is 30.9 Å². The van der Waals surface area contributed by atoms with Crippen molar-refractivity contribution in [2.24, 2.45) is 0 Å². The number of likely N-dealkylation sites (tertiary alicyclic amines) is 1. The molecule has 1 aliphatic rings. The van der Waals surface area contributed by atoms with Gasteiger partial charge in [0.2, 0.25) is 5.91 Å². The molecule has 124 valence electrons. The molecule has 0 saturated carbocycles. The van der Waals surface area contributed by atoms with Gasteiger partial charge in [-0.3, -0.25) is 9.69 Å². The molecule has 0 radical (unpaired) electrons. The summed E-state index contributed by atoms with van der Waals surface area (Å²) in [6.07, 6.45) is 1.75. The predicted octanol–water partition coefficient (Wildman–Crippen LogP) is 0.412. The third kappa shape index (κ3) is 3.84. The summed E-state index contributed by atoms with van der Waals surface area (Å²) in [4.78, 5) is 15.7. The van der Waals surface area contributed by atoms with Crippen molar-refractivity contribution in [3.05, 3.63) is 11.4 Å². The van der Waals surface area contributed by atoms with Gasteiger partial charge in [-0.05, 0) is 33.2 Å². The number of aliphatic hydroxyl groups is 1. The molecule has 0 spiro atoms. The summed E-state index contributed by atoms with van der Waals surface area (Å²) in [5.41, 5.74) is 1.09. The van der Waals surface area contributed by atoms with Gasteiger partial charge in [-0.1, -0.05) is 5.21 Å². The molecule has 7 heteroatoms. The van der Waals surface area contributed by atoms with Crippen LogP contribution >= 0.6 is 0 Å². The molecule has 1 fully saturated rings. The van der Waals surface area contributed by atoms with Gasteiger partial charge in [0.1, 0.15) is 0 Å². The molecule has 1 saturated heterocycles. The fraction of sp³-hybridized carbons (Fsp3) is 0.800. The summed E-state index contributed by atoms with van der Waals surface area (Å²) in [5, 5.41) is 19.0. The minimum Gasteiger partial charge on any atom is -0.388 e. The van der Waals surface area contributed by atoms with Crippen LogP contribution in [0.1, 0.15) is 37.6 Å². The number of hydrogen-bond donors (Lipinski definition) is 1. The molecule has 7 nitrogen and oxygen atoms in total. The fourth-order valence-electron chi connectivity index (χ4n) is 3.01. The maximum atomic E-state index is 11.9. The summed E-state index contributed by atoms with van der Waals surface area (Å²) in [7, 11) is 3.45. The molecule has 0 aromatic carbocycles. The molecule has 0 bridgehead atoms. The van der Waals surface area contributed by atoms with E-state index in [1.807, 2.05) is 18.5 Å². The van der Waals surface area contributed by atoms with E-state index in [9.17, 15) is 9.90 Å². The lowest BCUT2D eigenvalue weighted by Crippen LogP contribution is -2.50. The van der Waals surface area contributed by atoms with Crippen LogP contribution < -0.4 is 0 Å². The van der Waals surface area contributed by atoms with E-state index in [0.29, 0.717) is 19.5 Å². The van der Waals surface area contributed by atoms with E-state index in [2.05, 4.69) is 15.2 Å². The average Bonchev–Trinajstić information content (AvgIpc) is 2.79. The van der Waals surface area contributed by atoms with Gasteiger partial charge in [-0.2, -0.15) is 0 Å². The van der Waals surface area contributed by atoms with Crippen LogP contribution in [0.2, 0.25) is 0 Å². The maximum absolute atomic E-state index is 11.9. The summed E-state index contributed by atoms with van der Waals surface area (Å²) >= 11 is 0. The number of carbonyl (C=O) groups excluding carboxylic acids is 1. The van der Waals surface area contributed by atoms with Crippen molar-refractivity contribution in [1.29, 1.82) is 0 Å². The molecule has 22 heavy (non-hydrogen) atoms. The van der Waals surface area contributed by atoms with E-state index in [1.165, 1.54) is 4.90 Å². The molecule has 1 aliphatic heterocycles. The Balaban J connectivity index is 2.04. The summed E-state index contributed by atoms with van der Waals surface area (Å²) in [6, 6.07) is 0. The molecule has 1 aromatic rings. The highest BCUT2D eigenvalue weighted by Gasteiger charge is 2.36. The van der Waals surface area contributed by atoms with Crippen LogP contribution in [0, 0.1) is 6.92 Å². The number of nitrogens with zero attached hydrogens (tertiary/aromatic N) is 5. The minimum atomic E-state index is -0.933. The predicted molar refractivity (Wildman–Crippen MR) is 83.2 cm³/mol. The molecule has 0 aliphatic carbocycles. The third-order valence-corrected chi connectivity index (χ3v) is 4.32. The van der Waals surface area contributed by atoms with Crippen molar-refractivity contribution < 1.29 is 9.90 Å². The van der Waals surface area contributed by atoms with Crippen LogP contribution in [0.25, 0.3) is 0 Å². The Morgan fingerprint density at radius 3 is 2.82 bits per heavy atom. The maximum Gasteiger partial charge on any atom is 0.224 e. The molecule has 1 N–H and O–H groups in total. The van der Waals surface area contributed by atoms with Crippen LogP contribution in [0.4, 0.5) is 0 Å². The molecule has 2 rings (SSSR count). The standard InChI is InChI=1S/C15H27N5O2/c1-5-20-13(12(2)16-17-20)10-19-8-6-7-15(22,11-19)9-14(21)18(3)4/h22H,5-11H2,1-4H3. The summed E-state index contributed by atoms with van der Waals surface area (Å²) < 4.78 is 1.90. The Morgan fingerprint density at radius 2 is 2.18 bits per heavy atom. The van der Waals surface area contributed by atoms with Gasteiger partial charge < -0.3 is 10.0 Å². The zero-order valence-corrected chi connectivity index (χ0v) is 14.0. The smallest absolute Gasteiger partial charge is 0.224 e. The highest BCUT2D eigenvalue weighted by Crippen LogP contribution is 2.26. The zero-order chi connectivity index (χ0) is 16.3. The van der Waals surface area contributed by atoms with E-state index < -0.39 is 5.60 Å². The van der Waals surface area contributed by atoms with Gasteiger partial charge in [0, 0.05) is 33.7 Å². The highest BCUT2D eigenvalue weighted by molar-refractivity contribution is 5.76. The van der Waals surface area contributed by atoms with Gasteiger partial charge in [0.15, 0.2) is 0 Å². The van der Waals surface area contributed by atoms with Gasteiger partial charge in [-0.15, -0.1) is 5.10 Å². The van der Waals surface area contributed by atoms with Crippen molar-refractivity contribution in [2.45, 2.75) is 51.8 Å². The Morgan fingerprint density at radius 1 is 1.45 bits per heavy atom. The van der Waals surface area contributed by atoms with Gasteiger partial charge in [-0.25, -0.2) is 4.68 Å². The Kier molecular flexibility index (Phi) is 5.18. The molecule has 2 heterocycles. The number of β-amino-alcohol motifs (C(OH)–C–C–N with tert-alkyl or cyclic N) is 1. The number of rotatable bonds is 5. The molecule has 1 amide bonds. The lowest BCUT2D eigenvalue weighted by Gasteiger charge is -2.39. The minimum absolute atomic E-state index is 0.0270. The topological polar surface area (TPSA) is 74.5 Å². The van der Waals surface area contributed by atoms with Crippen molar-refractivity contribution in [3.8, 4) is 0 Å². The molecule has 1 atom stereocenters. The highest BCUT2D eigenvalue weighted by atomic mass is 16.3. The van der Waals surface area contributed by atoms with Gasteiger partial charge in [0.05, 0.1) is 23.4 Å². The van der Waals surface area contributed by atoms with E-state index in [-0.39, 0.29) is 12.3 Å². The van der Waals surface area contributed by atoms with E-state index >= 15 is 0 Å². The molecular weight excluding hydrogens is 282 g/mol. The first-order valence-electron chi connectivity index (χ1n) is 7.88. The monoisotopic (exact) mass is 309 g/mol. The second-order valence-electron chi connectivity index (χ2n) is 6.44. The summed E-state index contributed by atoms with van der Waals surface area (Å²) in [5.74, 6) is -0.0270. The summed E-state index contributed by atoms with van der Waals surface area (Å²) in [6.45, 7) is 6.94. The zero-order valence-electron chi connectivity index (χ0n) is 14.0. The fourth-order valence-corrected chi connectivity index (χ4v) is 3.01. The first-order valence-corrected chi connectivity index (χ1v) is 7.88. The SMILES string of the molecule is CCn1nnc(C)c1CN1CCCC(O)(CC(=O)N(C)C)C1. The van der Waals surface area contributed by atoms with Crippen molar-refractivity contribution in [3.63, 3.8) is 0 Å². The largest absolute Gasteiger partial charge is 0.388 e.